The van der Waals surface area contributed by atoms with Gasteiger partial charge in [-0.05, 0) is 24.6 Å². The summed E-state index contributed by atoms with van der Waals surface area (Å²) in [5, 5.41) is 4.25. The lowest BCUT2D eigenvalue weighted by atomic mass is 10.3. The minimum absolute atomic E-state index is 0.768. The molecule has 0 saturated heterocycles. The molecular weight excluding hydrogens is 194 g/mol. The Morgan fingerprint density at radius 1 is 1.50 bits per heavy atom. The number of nitrogens with zero attached hydrogens (tertiary/aromatic N) is 1. The highest BCUT2D eigenvalue weighted by molar-refractivity contribution is 7.22. The van der Waals surface area contributed by atoms with Crippen molar-refractivity contribution < 1.29 is 0 Å². The van der Waals surface area contributed by atoms with Crippen LogP contribution in [0.5, 0.6) is 0 Å². The summed E-state index contributed by atoms with van der Waals surface area (Å²) < 4.78 is 1.18. The van der Waals surface area contributed by atoms with Crippen molar-refractivity contribution in [2.45, 2.75) is 13.3 Å². The molecule has 0 atom stereocenters. The first kappa shape index (κ1) is 9.27. The molecule has 0 aliphatic heterocycles. The summed E-state index contributed by atoms with van der Waals surface area (Å²) >= 11 is 1.67. The molecule has 74 valence electrons. The molecule has 0 fully saturated rings. The van der Waals surface area contributed by atoms with Gasteiger partial charge in [0, 0.05) is 12.2 Å². The van der Waals surface area contributed by atoms with Gasteiger partial charge in [0.05, 0.1) is 10.2 Å². The molecule has 1 heterocycles. The van der Waals surface area contributed by atoms with Gasteiger partial charge in [0.1, 0.15) is 0 Å². The number of thiazole rings is 1. The molecule has 0 amide bonds. The third-order valence-corrected chi connectivity index (χ3v) is 2.93. The third kappa shape index (κ3) is 1.80. The maximum absolute atomic E-state index is 5.68. The molecule has 0 saturated carbocycles. The molecule has 0 unspecified atom stereocenters. The van der Waals surface area contributed by atoms with Gasteiger partial charge in [-0.3, -0.25) is 0 Å². The van der Waals surface area contributed by atoms with Crippen LogP contribution < -0.4 is 11.1 Å². The van der Waals surface area contributed by atoms with Gasteiger partial charge in [0.15, 0.2) is 5.13 Å². The molecule has 1 aromatic heterocycles. The lowest BCUT2D eigenvalue weighted by molar-refractivity contribution is 0.977. The summed E-state index contributed by atoms with van der Waals surface area (Å²) in [4.78, 5) is 4.44. The van der Waals surface area contributed by atoms with Gasteiger partial charge < -0.3 is 11.1 Å². The highest BCUT2D eigenvalue weighted by Gasteiger charge is 2.02. The van der Waals surface area contributed by atoms with Gasteiger partial charge in [-0.15, -0.1) is 0 Å². The summed E-state index contributed by atoms with van der Waals surface area (Å²) in [5.41, 5.74) is 7.43. The van der Waals surface area contributed by atoms with Crippen LogP contribution in [0.25, 0.3) is 10.2 Å². The van der Waals surface area contributed by atoms with Crippen molar-refractivity contribution in [1.82, 2.24) is 4.98 Å². The number of rotatable bonds is 3. The topological polar surface area (TPSA) is 50.9 Å². The Morgan fingerprint density at radius 2 is 2.36 bits per heavy atom. The molecule has 1 aromatic carbocycles. The van der Waals surface area contributed by atoms with Crippen molar-refractivity contribution in [3.05, 3.63) is 18.2 Å². The first-order valence-electron chi connectivity index (χ1n) is 4.69. The number of hydrogen-bond acceptors (Lipinski definition) is 4. The molecule has 14 heavy (non-hydrogen) atoms. The Morgan fingerprint density at radius 3 is 3.14 bits per heavy atom. The van der Waals surface area contributed by atoms with Gasteiger partial charge in [-0.2, -0.15) is 0 Å². The largest absolute Gasteiger partial charge is 0.399 e. The van der Waals surface area contributed by atoms with E-state index in [9.17, 15) is 0 Å². The van der Waals surface area contributed by atoms with E-state index in [1.165, 1.54) is 4.70 Å². The van der Waals surface area contributed by atoms with Crippen LogP contribution in [0.3, 0.4) is 0 Å². The predicted molar refractivity (Wildman–Crippen MR) is 62.8 cm³/mol. The maximum atomic E-state index is 5.68. The highest BCUT2D eigenvalue weighted by Crippen LogP contribution is 2.26. The zero-order valence-electron chi connectivity index (χ0n) is 8.08. The van der Waals surface area contributed by atoms with E-state index in [-0.39, 0.29) is 0 Å². The van der Waals surface area contributed by atoms with Crippen LogP contribution in [0, 0.1) is 0 Å². The summed E-state index contributed by atoms with van der Waals surface area (Å²) in [6.45, 7) is 3.10. The minimum Gasteiger partial charge on any atom is -0.399 e. The highest BCUT2D eigenvalue weighted by atomic mass is 32.1. The number of nitrogen functional groups attached to an aromatic ring is 1. The Hall–Kier alpha value is -1.29. The number of nitrogens with two attached hydrogens (primary N) is 1. The van der Waals surface area contributed by atoms with E-state index in [0.29, 0.717) is 0 Å². The van der Waals surface area contributed by atoms with Gasteiger partial charge in [-0.25, -0.2) is 4.98 Å². The molecular formula is C10H13N3S. The SMILES string of the molecule is CCCNc1nc2cc(N)ccc2s1. The van der Waals surface area contributed by atoms with Gasteiger partial charge in [-0.1, -0.05) is 18.3 Å². The van der Waals surface area contributed by atoms with Gasteiger partial charge in [0.2, 0.25) is 0 Å². The zero-order chi connectivity index (χ0) is 9.97. The molecule has 2 aromatic rings. The Balaban J connectivity index is 2.32. The van der Waals surface area contributed by atoms with E-state index in [1.54, 1.807) is 11.3 Å². The van der Waals surface area contributed by atoms with E-state index in [2.05, 4.69) is 17.2 Å². The number of aromatic nitrogens is 1. The van der Waals surface area contributed by atoms with Crippen LogP contribution >= 0.6 is 11.3 Å². The lowest BCUT2D eigenvalue weighted by Gasteiger charge is -1.95. The zero-order valence-corrected chi connectivity index (χ0v) is 8.90. The predicted octanol–water partition coefficient (Wildman–Crippen LogP) is 2.70. The van der Waals surface area contributed by atoms with Crippen LogP contribution in [-0.4, -0.2) is 11.5 Å². The second kappa shape index (κ2) is 3.84. The number of anilines is 2. The van der Waals surface area contributed by atoms with Crippen molar-refractivity contribution in [2.24, 2.45) is 0 Å². The van der Waals surface area contributed by atoms with Crippen molar-refractivity contribution in [2.75, 3.05) is 17.6 Å². The summed E-state index contributed by atoms with van der Waals surface area (Å²) in [6.07, 6.45) is 1.11. The standard InChI is InChI=1S/C10H13N3S/c1-2-5-12-10-13-8-6-7(11)3-4-9(8)14-10/h3-4,6H,2,5,11H2,1H3,(H,12,13). The van der Waals surface area contributed by atoms with Gasteiger partial charge >= 0.3 is 0 Å². The molecule has 0 aliphatic rings. The van der Waals surface area contributed by atoms with Gasteiger partial charge in [0.25, 0.3) is 0 Å². The number of nitrogens with one attached hydrogen (secondary N) is 1. The molecule has 3 nitrogen and oxygen atoms in total. The van der Waals surface area contributed by atoms with Crippen LogP contribution in [0.2, 0.25) is 0 Å². The second-order valence-electron chi connectivity index (χ2n) is 3.17. The number of hydrogen-bond donors (Lipinski definition) is 2. The van der Waals surface area contributed by atoms with E-state index in [1.807, 2.05) is 18.2 Å². The molecule has 0 bridgehead atoms. The molecule has 0 radical (unpaired) electrons. The van der Waals surface area contributed by atoms with Crippen molar-refractivity contribution in [3.63, 3.8) is 0 Å². The smallest absolute Gasteiger partial charge is 0.183 e. The van der Waals surface area contributed by atoms with Crippen LogP contribution in [0.1, 0.15) is 13.3 Å². The summed E-state index contributed by atoms with van der Waals surface area (Å²) in [7, 11) is 0. The molecule has 3 N–H and O–H groups in total. The Kier molecular flexibility index (Phi) is 2.54. The van der Waals surface area contributed by atoms with E-state index in [0.717, 1.165) is 29.3 Å². The Labute approximate surface area is 87.0 Å². The third-order valence-electron chi connectivity index (χ3n) is 1.94. The maximum Gasteiger partial charge on any atom is 0.183 e. The number of fused-ring (bicyclic) bond motifs is 1. The number of benzene rings is 1. The van der Waals surface area contributed by atoms with E-state index in [4.69, 9.17) is 5.73 Å². The van der Waals surface area contributed by atoms with E-state index >= 15 is 0 Å². The quantitative estimate of drug-likeness (QED) is 0.761. The van der Waals surface area contributed by atoms with Crippen LogP contribution in [0.4, 0.5) is 10.8 Å². The first-order chi connectivity index (χ1) is 6.79. The van der Waals surface area contributed by atoms with E-state index < -0.39 is 0 Å². The fourth-order valence-corrected chi connectivity index (χ4v) is 2.12. The fraction of sp³-hybridized carbons (Fsp3) is 0.300. The summed E-state index contributed by atoms with van der Waals surface area (Å²) in [6, 6.07) is 5.83. The van der Waals surface area contributed by atoms with Crippen molar-refractivity contribution in [3.8, 4) is 0 Å². The summed E-state index contributed by atoms with van der Waals surface area (Å²) in [5.74, 6) is 0. The molecule has 0 aliphatic carbocycles. The monoisotopic (exact) mass is 207 g/mol. The second-order valence-corrected chi connectivity index (χ2v) is 4.20. The molecule has 2 rings (SSSR count). The van der Waals surface area contributed by atoms with Crippen molar-refractivity contribution in [1.29, 1.82) is 0 Å². The van der Waals surface area contributed by atoms with Crippen LogP contribution in [-0.2, 0) is 0 Å². The molecule has 0 spiro atoms. The first-order valence-corrected chi connectivity index (χ1v) is 5.51. The minimum atomic E-state index is 0.768. The average molecular weight is 207 g/mol. The average Bonchev–Trinajstić information content (AvgIpc) is 2.56. The molecule has 4 heteroatoms. The van der Waals surface area contributed by atoms with Crippen molar-refractivity contribution >= 4 is 32.4 Å². The fourth-order valence-electron chi connectivity index (χ4n) is 1.25. The Bertz CT molecular complexity index is 436. The lowest BCUT2D eigenvalue weighted by Crippen LogP contribution is -1.98. The normalized spacial score (nSPS) is 10.6. The van der Waals surface area contributed by atoms with Crippen LogP contribution in [0.15, 0.2) is 18.2 Å².